The third kappa shape index (κ3) is 3.09. The Labute approximate surface area is 141 Å². The highest BCUT2D eigenvalue weighted by Crippen LogP contribution is 2.24. The van der Waals surface area contributed by atoms with E-state index >= 15 is 0 Å². The standard InChI is InChI=1S/C19H21N3S/c1-15-6-2-4-8-17(15)22-12-10-21(11-13-22)14-19-20-16-7-3-5-9-18(16)23-19/h2-9H,10-14H2,1H3. The zero-order chi connectivity index (χ0) is 15.6. The highest BCUT2D eigenvalue weighted by atomic mass is 32.1. The van der Waals surface area contributed by atoms with Crippen molar-refractivity contribution in [3.63, 3.8) is 0 Å². The molecule has 23 heavy (non-hydrogen) atoms. The lowest BCUT2D eigenvalue weighted by molar-refractivity contribution is 0.249. The van der Waals surface area contributed by atoms with Crippen molar-refractivity contribution in [2.75, 3.05) is 31.1 Å². The van der Waals surface area contributed by atoms with Crippen LogP contribution in [0.15, 0.2) is 48.5 Å². The molecule has 3 aromatic rings. The molecule has 1 aromatic heterocycles. The Hall–Kier alpha value is -1.91. The van der Waals surface area contributed by atoms with Crippen LogP contribution >= 0.6 is 11.3 Å². The van der Waals surface area contributed by atoms with Crippen LogP contribution in [0.4, 0.5) is 5.69 Å². The first kappa shape index (κ1) is 14.7. The number of anilines is 1. The van der Waals surface area contributed by atoms with Crippen molar-refractivity contribution in [3.05, 3.63) is 59.1 Å². The summed E-state index contributed by atoms with van der Waals surface area (Å²) in [6.07, 6.45) is 0. The van der Waals surface area contributed by atoms with Gasteiger partial charge < -0.3 is 4.90 Å². The van der Waals surface area contributed by atoms with E-state index < -0.39 is 0 Å². The Kier molecular flexibility index (Phi) is 4.02. The zero-order valence-corrected chi connectivity index (χ0v) is 14.2. The second-order valence-electron chi connectivity index (χ2n) is 6.13. The fraction of sp³-hybridized carbons (Fsp3) is 0.316. The van der Waals surface area contributed by atoms with E-state index in [2.05, 4.69) is 65.3 Å². The Morgan fingerprint density at radius 2 is 1.70 bits per heavy atom. The molecule has 0 radical (unpaired) electrons. The maximum Gasteiger partial charge on any atom is 0.108 e. The highest BCUT2D eigenvalue weighted by Gasteiger charge is 2.19. The molecule has 0 unspecified atom stereocenters. The number of aromatic nitrogens is 1. The van der Waals surface area contributed by atoms with E-state index in [1.54, 1.807) is 0 Å². The molecule has 1 fully saturated rings. The number of thiazole rings is 1. The predicted molar refractivity (Wildman–Crippen MR) is 98.3 cm³/mol. The summed E-state index contributed by atoms with van der Waals surface area (Å²) >= 11 is 1.82. The van der Waals surface area contributed by atoms with Gasteiger partial charge in [-0.15, -0.1) is 11.3 Å². The third-order valence-electron chi connectivity index (χ3n) is 4.53. The molecule has 0 amide bonds. The van der Waals surface area contributed by atoms with Crippen LogP contribution in [0, 0.1) is 6.92 Å². The number of rotatable bonds is 3. The van der Waals surface area contributed by atoms with Crippen molar-refractivity contribution < 1.29 is 0 Å². The lowest BCUT2D eigenvalue weighted by Gasteiger charge is -2.36. The van der Waals surface area contributed by atoms with Gasteiger partial charge in [0, 0.05) is 31.9 Å². The lowest BCUT2D eigenvalue weighted by Crippen LogP contribution is -2.46. The average molecular weight is 323 g/mol. The minimum absolute atomic E-state index is 0.973. The van der Waals surface area contributed by atoms with Crippen molar-refractivity contribution in [3.8, 4) is 0 Å². The first-order valence-corrected chi connectivity index (χ1v) is 8.98. The van der Waals surface area contributed by atoms with Crippen LogP contribution < -0.4 is 4.90 Å². The summed E-state index contributed by atoms with van der Waals surface area (Å²) in [5.74, 6) is 0. The summed E-state index contributed by atoms with van der Waals surface area (Å²) in [5.41, 5.74) is 3.88. The number of piperazine rings is 1. The summed E-state index contributed by atoms with van der Waals surface area (Å²) in [6.45, 7) is 7.56. The van der Waals surface area contributed by atoms with Gasteiger partial charge in [-0.25, -0.2) is 4.98 Å². The molecule has 1 aliphatic heterocycles. The van der Waals surface area contributed by atoms with Gasteiger partial charge >= 0.3 is 0 Å². The molecular weight excluding hydrogens is 302 g/mol. The molecular formula is C19H21N3S. The second-order valence-corrected chi connectivity index (χ2v) is 7.24. The molecule has 0 aliphatic carbocycles. The van der Waals surface area contributed by atoms with Gasteiger partial charge in [0.05, 0.1) is 16.8 Å². The van der Waals surface area contributed by atoms with Gasteiger partial charge in [-0.3, -0.25) is 4.90 Å². The summed E-state index contributed by atoms with van der Waals surface area (Å²) in [4.78, 5) is 9.79. The van der Waals surface area contributed by atoms with Crippen LogP contribution in [-0.4, -0.2) is 36.1 Å². The average Bonchev–Trinajstić information content (AvgIpc) is 2.98. The first-order chi connectivity index (χ1) is 11.3. The van der Waals surface area contributed by atoms with Crippen LogP contribution in [0.25, 0.3) is 10.2 Å². The zero-order valence-electron chi connectivity index (χ0n) is 13.4. The van der Waals surface area contributed by atoms with Gasteiger partial charge in [0.25, 0.3) is 0 Å². The Morgan fingerprint density at radius 1 is 0.957 bits per heavy atom. The van der Waals surface area contributed by atoms with E-state index in [9.17, 15) is 0 Å². The van der Waals surface area contributed by atoms with Crippen molar-refractivity contribution in [1.82, 2.24) is 9.88 Å². The molecule has 1 aliphatic rings. The monoisotopic (exact) mass is 323 g/mol. The van der Waals surface area contributed by atoms with Crippen LogP contribution in [0.2, 0.25) is 0 Å². The van der Waals surface area contributed by atoms with Crippen LogP contribution in [0.3, 0.4) is 0 Å². The molecule has 0 atom stereocenters. The maximum absolute atomic E-state index is 4.76. The minimum atomic E-state index is 0.973. The Balaban J connectivity index is 1.41. The molecule has 0 N–H and O–H groups in total. The largest absolute Gasteiger partial charge is 0.369 e. The smallest absolute Gasteiger partial charge is 0.108 e. The quantitative estimate of drug-likeness (QED) is 0.728. The molecule has 0 saturated carbocycles. The van der Waals surface area contributed by atoms with Gasteiger partial charge in [0.1, 0.15) is 5.01 Å². The lowest BCUT2D eigenvalue weighted by atomic mass is 10.1. The molecule has 4 rings (SSSR count). The number of para-hydroxylation sites is 2. The SMILES string of the molecule is Cc1ccccc1N1CCN(Cc2nc3ccccc3s2)CC1. The molecule has 118 valence electrons. The van der Waals surface area contributed by atoms with E-state index in [0.717, 1.165) is 38.2 Å². The molecule has 2 aromatic carbocycles. The van der Waals surface area contributed by atoms with Crippen LogP contribution in [-0.2, 0) is 6.54 Å². The Morgan fingerprint density at radius 3 is 2.48 bits per heavy atom. The van der Waals surface area contributed by atoms with Crippen molar-refractivity contribution in [2.24, 2.45) is 0 Å². The second kappa shape index (κ2) is 6.30. The number of hydrogen-bond acceptors (Lipinski definition) is 4. The normalized spacial score (nSPS) is 16.1. The van der Waals surface area contributed by atoms with Crippen LogP contribution in [0.5, 0.6) is 0 Å². The number of aryl methyl sites for hydroxylation is 1. The van der Waals surface area contributed by atoms with Gasteiger partial charge in [0.2, 0.25) is 0 Å². The molecule has 1 saturated heterocycles. The van der Waals surface area contributed by atoms with E-state index in [1.807, 2.05) is 11.3 Å². The van der Waals surface area contributed by atoms with Gasteiger partial charge in [0.15, 0.2) is 0 Å². The first-order valence-electron chi connectivity index (χ1n) is 8.17. The number of benzene rings is 2. The fourth-order valence-corrected chi connectivity index (χ4v) is 4.25. The summed E-state index contributed by atoms with van der Waals surface area (Å²) in [7, 11) is 0. The number of hydrogen-bond donors (Lipinski definition) is 0. The fourth-order valence-electron chi connectivity index (χ4n) is 3.24. The van der Waals surface area contributed by atoms with Gasteiger partial charge in [-0.1, -0.05) is 30.3 Å². The van der Waals surface area contributed by atoms with Crippen molar-refractivity contribution in [1.29, 1.82) is 0 Å². The summed E-state index contributed by atoms with van der Waals surface area (Å²) < 4.78 is 1.29. The van der Waals surface area contributed by atoms with Crippen molar-refractivity contribution in [2.45, 2.75) is 13.5 Å². The van der Waals surface area contributed by atoms with Gasteiger partial charge in [-0.05, 0) is 30.7 Å². The summed E-state index contributed by atoms with van der Waals surface area (Å²) in [6, 6.07) is 17.1. The van der Waals surface area contributed by atoms with E-state index in [1.165, 1.54) is 21.0 Å². The van der Waals surface area contributed by atoms with E-state index in [0.29, 0.717) is 0 Å². The molecule has 3 nitrogen and oxygen atoms in total. The highest BCUT2D eigenvalue weighted by molar-refractivity contribution is 7.18. The summed E-state index contributed by atoms with van der Waals surface area (Å²) in [5, 5.41) is 1.23. The van der Waals surface area contributed by atoms with Gasteiger partial charge in [-0.2, -0.15) is 0 Å². The van der Waals surface area contributed by atoms with Crippen molar-refractivity contribution >= 4 is 27.2 Å². The van der Waals surface area contributed by atoms with E-state index in [-0.39, 0.29) is 0 Å². The molecule has 4 heteroatoms. The predicted octanol–water partition coefficient (Wildman–Crippen LogP) is 3.93. The molecule has 0 spiro atoms. The molecule has 0 bridgehead atoms. The number of fused-ring (bicyclic) bond motifs is 1. The minimum Gasteiger partial charge on any atom is -0.369 e. The van der Waals surface area contributed by atoms with Crippen LogP contribution in [0.1, 0.15) is 10.6 Å². The third-order valence-corrected chi connectivity index (χ3v) is 5.55. The maximum atomic E-state index is 4.76. The topological polar surface area (TPSA) is 19.4 Å². The van der Waals surface area contributed by atoms with E-state index in [4.69, 9.17) is 4.98 Å². The Bertz CT molecular complexity index is 770. The molecule has 2 heterocycles. The number of nitrogens with zero attached hydrogens (tertiary/aromatic N) is 3.